The molecule has 0 aliphatic carbocycles. The van der Waals surface area contributed by atoms with Gasteiger partial charge in [0.25, 0.3) is 0 Å². The van der Waals surface area contributed by atoms with Crippen LogP contribution in [0.3, 0.4) is 0 Å². The Kier molecular flexibility index (Phi) is 6.26. The fourth-order valence-corrected chi connectivity index (χ4v) is 4.86. The molecule has 146 valence electrons. The van der Waals surface area contributed by atoms with Gasteiger partial charge in [-0.25, -0.2) is 17.1 Å². The van der Waals surface area contributed by atoms with Gasteiger partial charge in [-0.2, -0.15) is 0 Å². The summed E-state index contributed by atoms with van der Waals surface area (Å²) in [5, 5.41) is 0. The maximum Gasteiger partial charge on any atom is 0.243 e. The van der Waals surface area contributed by atoms with Crippen molar-refractivity contribution in [3.63, 3.8) is 0 Å². The Morgan fingerprint density at radius 2 is 1.89 bits per heavy atom. The van der Waals surface area contributed by atoms with Crippen molar-refractivity contribution in [1.82, 2.24) is 15.2 Å². The molecular formula is C20H26FN3O2S. The second kappa shape index (κ2) is 8.48. The molecule has 0 amide bonds. The van der Waals surface area contributed by atoms with Crippen molar-refractivity contribution in [1.29, 1.82) is 0 Å². The summed E-state index contributed by atoms with van der Waals surface area (Å²) >= 11 is 0. The summed E-state index contributed by atoms with van der Waals surface area (Å²) < 4.78 is 40.2. The Labute approximate surface area is 160 Å². The van der Waals surface area contributed by atoms with Gasteiger partial charge in [0.2, 0.25) is 10.0 Å². The van der Waals surface area contributed by atoms with Crippen molar-refractivity contribution in [3.8, 4) is 0 Å². The topological polar surface area (TPSA) is 61.4 Å². The maximum absolute atomic E-state index is 13.5. The van der Waals surface area contributed by atoms with E-state index >= 15 is 0 Å². The highest BCUT2D eigenvalue weighted by Crippen LogP contribution is 2.24. The molecule has 2 N–H and O–H groups in total. The molecule has 27 heavy (non-hydrogen) atoms. The van der Waals surface area contributed by atoms with E-state index in [1.807, 2.05) is 18.2 Å². The molecule has 1 fully saturated rings. The van der Waals surface area contributed by atoms with Crippen molar-refractivity contribution in [2.75, 3.05) is 13.6 Å². The number of aryl methyl sites for hydroxylation is 1. The first-order valence-corrected chi connectivity index (χ1v) is 10.6. The number of hydrogen-bond donors (Lipinski definition) is 2. The summed E-state index contributed by atoms with van der Waals surface area (Å²) in [7, 11) is -2.14. The highest BCUT2D eigenvalue weighted by atomic mass is 32.2. The molecule has 0 saturated carbocycles. The fourth-order valence-electron chi connectivity index (χ4n) is 3.42. The largest absolute Gasteiger partial charge is 0.254 e. The van der Waals surface area contributed by atoms with E-state index in [1.54, 1.807) is 14.0 Å². The Morgan fingerprint density at radius 3 is 2.63 bits per heavy atom. The minimum atomic E-state index is -3.68. The number of benzene rings is 2. The fraction of sp³-hybridized carbons (Fsp3) is 0.400. The average Bonchev–Trinajstić information content (AvgIpc) is 3.13. The van der Waals surface area contributed by atoms with Crippen LogP contribution in [0.2, 0.25) is 0 Å². The van der Waals surface area contributed by atoms with Gasteiger partial charge < -0.3 is 0 Å². The van der Waals surface area contributed by atoms with Crippen LogP contribution in [0.4, 0.5) is 4.39 Å². The molecule has 0 bridgehead atoms. The molecule has 1 aliphatic heterocycles. The van der Waals surface area contributed by atoms with Crippen molar-refractivity contribution in [2.45, 2.75) is 43.2 Å². The van der Waals surface area contributed by atoms with Gasteiger partial charge in [-0.05, 0) is 49.4 Å². The normalized spacial score (nSPS) is 20.3. The molecular weight excluding hydrogens is 365 g/mol. The van der Waals surface area contributed by atoms with E-state index in [0.29, 0.717) is 18.2 Å². The molecule has 2 aromatic carbocycles. The first-order valence-electron chi connectivity index (χ1n) is 9.16. The zero-order valence-corrected chi connectivity index (χ0v) is 16.5. The Morgan fingerprint density at radius 1 is 1.15 bits per heavy atom. The van der Waals surface area contributed by atoms with Crippen LogP contribution in [0.1, 0.15) is 36.4 Å². The average molecular weight is 392 g/mol. The SMILES string of the molecule is Cc1ccc(F)cc1S(=O)(=O)N(C)CCCC1CC(c2ccccc2)NN1. The maximum atomic E-state index is 13.5. The molecule has 5 nitrogen and oxygen atoms in total. The van der Waals surface area contributed by atoms with E-state index in [9.17, 15) is 12.8 Å². The monoisotopic (exact) mass is 391 g/mol. The van der Waals surface area contributed by atoms with Crippen LogP contribution >= 0.6 is 0 Å². The predicted molar refractivity (Wildman–Crippen MR) is 104 cm³/mol. The molecule has 0 spiro atoms. The van der Waals surface area contributed by atoms with Crippen LogP contribution in [-0.4, -0.2) is 32.4 Å². The second-order valence-electron chi connectivity index (χ2n) is 7.06. The summed E-state index contributed by atoms with van der Waals surface area (Å²) in [6.07, 6.45) is 2.55. The number of rotatable bonds is 7. The van der Waals surface area contributed by atoms with Crippen molar-refractivity contribution >= 4 is 10.0 Å². The third-order valence-electron chi connectivity index (χ3n) is 5.05. The molecule has 2 aromatic rings. The lowest BCUT2D eigenvalue weighted by Crippen LogP contribution is -2.32. The van der Waals surface area contributed by atoms with E-state index in [-0.39, 0.29) is 10.9 Å². The molecule has 1 saturated heterocycles. The van der Waals surface area contributed by atoms with Crippen molar-refractivity contribution in [3.05, 3.63) is 65.5 Å². The lowest BCUT2D eigenvalue weighted by molar-refractivity contribution is 0.427. The number of hydrazine groups is 1. The van der Waals surface area contributed by atoms with Crippen LogP contribution < -0.4 is 10.9 Å². The summed E-state index contributed by atoms with van der Waals surface area (Å²) in [5.74, 6) is -0.541. The second-order valence-corrected chi connectivity index (χ2v) is 9.08. The van der Waals surface area contributed by atoms with Gasteiger partial charge >= 0.3 is 0 Å². The quantitative estimate of drug-likeness (QED) is 0.761. The number of nitrogens with one attached hydrogen (secondary N) is 2. The van der Waals surface area contributed by atoms with E-state index in [4.69, 9.17) is 0 Å². The molecule has 0 aromatic heterocycles. The van der Waals surface area contributed by atoms with Crippen molar-refractivity contribution < 1.29 is 12.8 Å². The molecule has 1 aliphatic rings. The Bertz CT molecular complexity index is 874. The van der Waals surface area contributed by atoms with Gasteiger partial charge in [0, 0.05) is 25.7 Å². The molecule has 1 heterocycles. The standard InChI is InChI=1S/C20H26FN3O2S/c1-15-10-11-17(21)13-20(15)27(25,26)24(2)12-6-9-18-14-19(23-22-18)16-7-4-3-5-8-16/h3-5,7-8,10-11,13,18-19,22-23H,6,9,12,14H2,1-2H3. The lowest BCUT2D eigenvalue weighted by Gasteiger charge is -2.19. The minimum Gasteiger partial charge on any atom is -0.254 e. The van der Waals surface area contributed by atoms with E-state index < -0.39 is 15.8 Å². The third kappa shape index (κ3) is 4.73. The summed E-state index contributed by atoms with van der Waals surface area (Å²) in [6, 6.07) is 14.7. The number of sulfonamides is 1. The van der Waals surface area contributed by atoms with Crippen LogP contribution in [-0.2, 0) is 10.0 Å². The van der Waals surface area contributed by atoms with Crippen molar-refractivity contribution in [2.24, 2.45) is 0 Å². The van der Waals surface area contributed by atoms with Crippen LogP contribution in [0.5, 0.6) is 0 Å². The van der Waals surface area contributed by atoms with E-state index in [2.05, 4.69) is 23.0 Å². The smallest absolute Gasteiger partial charge is 0.243 e. The molecule has 0 radical (unpaired) electrons. The Hall–Kier alpha value is -1.80. The highest BCUT2D eigenvalue weighted by Gasteiger charge is 2.26. The first kappa shape index (κ1) is 19.9. The Balaban J connectivity index is 1.52. The van der Waals surface area contributed by atoms with Gasteiger partial charge in [0.15, 0.2) is 0 Å². The van der Waals surface area contributed by atoms with Crippen LogP contribution in [0.15, 0.2) is 53.4 Å². The lowest BCUT2D eigenvalue weighted by atomic mass is 10.00. The van der Waals surface area contributed by atoms with E-state index in [1.165, 1.54) is 22.0 Å². The zero-order chi connectivity index (χ0) is 19.4. The number of hydrogen-bond acceptors (Lipinski definition) is 4. The summed E-state index contributed by atoms with van der Waals surface area (Å²) in [4.78, 5) is 0.0369. The van der Waals surface area contributed by atoms with Crippen LogP contribution in [0.25, 0.3) is 0 Å². The molecule has 3 rings (SSSR count). The molecule has 2 unspecified atom stereocenters. The first-order chi connectivity index (χ1) is 12.9. The number of nitrogens with zero attached hydrogens (tertiary/aromatic N) is 1. The molecule has 2 atom stereocenters. The summed E-state index contributed by atoms with van der Waals surface area (Å²) in [6.45, 7) is 2.07. The third-order valence-corrected chi connectivity index (χ3v) is 7.05. The molecule has 7 heteroatoms. The zero-order valence-electron chi connectivity index (χ0n) is 15.7. The van der Waals surface area contributed by atoms with Gasteiger partial charge in [0.05, 0.1) is 4.90 Å². The van der Waals surface area contributed by atoms with Gasteiger partial charge in [-0.15, -0.1) is 0 Å². The minimum absolute atomic E-state index is 0.0369. The number of halogens is 1. The van der Waals surface area contributed by atoms with Gasteiger partial charge in [-0.1, -0.05) is 36.4 Å². The van der Waals surface area contributed by atoms with Gasteiger partial charge in [-0.3, -0.25) is 10.9 Å². The summed E-state index contributed by atoms with van der Waals surface area (Å²) in [5.41, 5.74) is 8.40. The van der Waals surface area contributed by atoms with Crippen LogP contribution in [0, 0.1) is 12.7 Å². The predicted octanol–water partition coefficient (Wildman–Crippen LogP) is 3.14. The highest BCUT2D eigenvalue weighted by molar-refractivity contribution is 7.89. The van der Waals surface area contributed by atoms with E-state index in [0.717, 1.165) is 25.3 Å². The van der Waals surface area contributed by atoms with Gasteiger partial charge in [0.1, 0.15) is 5.82 Å².